The van der Waals surface area contributed by atoms with Crippen LogP contribution in [0.25, 0.3) is 10.4 Å². The number of halogens is 1. The Labute approximate surface area is 78.4 Å². The molecule has 1 N–H and O–H groups in total. The van der Waals surface area contributed by atoms with Gasteiger partial charge in [-0.05, 0) is 30.2 Å². The van der Waals surface area contributed by atoms with Gasteiger partial charge in [0, 0.05) is 10.6 Å². The number of nitrogens with zero attached hydrogens (tertiary/aromatic N) is 3. The maximum atomic E-state index is 13.1. The van der Waals surface area contributed by atoms with Crippen molar-refractivity contribution < 1.29 is 14.3 Å². The number of hydrogen-bond acceptors (Lipinski definition) is 2. The molecule has 0 aliphatic carbocycles. The van der Waals surface area contributed by atoms with Crippen molar-refractivity contribution in [1.82, 2.24) is 0 Å². The summed E-state index contributed by atoms with van der Waals surface area (Å²) < 4.78 is 13.1. The third kappa shape index (κ3) is 1.81. The molecule has 6 heteroatoms. The normalized spacial score (nSPS) is 9.29. The van der Waals surface area contributed by atoms with E-state index in [-0.39, 0.29) is 16.8 Å². The van der Waals surface area contributed by atoms with Crippen molar-refractivity contribution in [3.8, 4) is 0 Å². The molecule has 0 unspecified atom stereocenters. The first-order valence-corrected chi connectivity index (χ1v) is 3.65. The van der Waals surface area contributed by atoms with Gasteiger partial charge in [0.25, 0.3) is 0 Å². The van der Waals surface area contributed by atoms with Crippen molar-refractivity contribution in [2.24, 2.45) is 5.11 Å². The van der Waals surface area contributed by atoms with Gasteiger partial charge >= 0.3 is 5.97 Å². The molecule has 0 atom stereocenters. The van der Waals surface area contributed by atoms with E-state index in [0.29, 0.717) is 0 Å². The highest BCUT2D eigenvalue weighted by molar-refractivity contribution is 5.88. The Balaban J connectivity index is 3.42. The van der Waals surface area contributed by atoms with E-state index < -0.39 is 11.8 Å². The molecule has 72 valence electrons. The van der Waals surface area contributed by atoms with Gasteiger partial charge in [0.2, 0.25) is 0 Å². The molecule has 1 aromatic rings. The van der Waals surface area contributed by atoms with Crippen molar-refractivity contribution in [2.45, 2.75) is 6.92 Å². The summed E-state index contributed by atoms with van der Waals surface area (Å²) in [5.41, 5.74) is 8.04. The molecule has 0 saturated heterocycles. The zero-order chi connectivity index (χ0) is 10.7. The fourth-order valence-electron chi connectivity index (χ4n) is 0.940. The molecule has 0 aliphatic heterocycles. The summed E-state index contributed by atoms with van der Waals surface area (Å²) in [5, 5.41) is 11.8. The van der Waals surface area contributed by atoms with Gasteiger partial charge in [0.05, 0.1) is 5.56 Å². The molecule has 1 rings (SSSR count). The quantitative estimate of drug-likeness (QED) is 0.446. The molecule has 0 heterocycles. The molecule has 0 spiro atoms. The Hall–Kier alpha value is -2.07. The van der Waals surface area contributed by atoms with E-state index in [4.69, 9.17) is 10.6 Å². The van der Waals surface area contributed by atoms with Crippen LogP contribution < -0.4 is 0 Å². The predicted molar refractivity (Wildman–Crippen MR) is 46.9 cm³/mol. The number of carbonyl (C=O) groups is 1. The van der Waals surface area contributed by atoms with E-state index in [1.807, 2.05) is 0 Å². The SMILES string of the molecule is Cc1c(F)cc(C(=O)O)cc1N=[N+]=[N-]. The summed E-state index contributed by atoms with van der Waals surface area (Å²) in [6.45, 7) is 1.41. The lowest BCUT2D eigenvalue weighted by atomic mass is 10.1. The molecule has 0 aromatic heterocycles. The van der Waals surface area contributed by atoms with E-state index >= 15 is 0 Å². The Morgan fingerprint density at radius 2 is 2.29 bits per heavy atom. The van der Waals surface area contributed by atoms with Crippen molar-refractivity contribution >= 4 is 11.7 Å². The molecular weight excluding hydrogens is 189 g/mol. The van der Waals surface area contributed by atoms with Gasteiger partial charge in [-0.1, -0.05) is 5.11 Å². The first kappa shape index (κ1) is 10.0. The lowest BCUT2D eigenvalue weighted by Gasteiger charge is -2.02. The highest BCUT2D eigenvalue weighted by atomic mass is 19.1. The highest BCUT2D eigenvalue weighted by Gasteiger charge is 2.10. The molecular formula is C8H6FN3O2. The minimum absolute atomic E-state index is 0.00935. The molecule has 0 bridgehead atoms. The summed E-state index contributed by atoms with van der Waals surface area (Å²) >= 11 is 0. The van der Waals surface area contributed by atoms with Gasteiger partial charge in [-0.25, -0.2) is 9.18 Å². The summed E-state index contributed by atoms with van der Waals surface area (Å²) in [5.74, 6) is -1.97. The van der Waals surface area contributed by atoms with Crippen LogP contribution in [0, 0.1) is 12.7 Å². The van der Waals surface area contributed by atoms with Gasteiger partial charge in [0.1, 0.15) is 5.82 Å². The third-order valence-electron chi connectivity index (χ3n) is 1.72. The number of azide groups is 1. The van der Waals surface area contributed by atoms with Crippen LogP contribution in [0.3, 0.4) is 0 Å². The number of carboxylic acid groups (broad SMARTS) is 1. The first-order chi connectivity index (χ1) is 6.56. The number of aromatic carboxylic acids is 1. The molecule has 0 saturated carbocycles. The average molecular weight is 195 g/mol. The van der Waals surface area contributed by atoms with Crippen LogP contribution in [0.1, 0.15) is 15.9 Å². The largest absolute Gasteiger partial charge is 0.478 e. The fraction of sp³-hybridized carbons (Fsp3) is 0.125. The highest BCUT2D eigenvalue weighted by Crippen LogP contribution is 2.23. The predicted octanol–water partition coefficient (Wildman–Crippen LogP) is 2.77. The Bertz CT molecular complexity index is 438. The summed E-state index contributed by atoms with van der Waals surface area (Å²) in [6, 6.07) is 2.01. The Morgan fingerprint density at radius 3 is 2.79 bits per heavy atom. The van der Waals surface area contributed by atoms with Crippen molar-refractivity contribution in [3.05, 3.63) is 39.5 Å². The van der Waals surface area contributed by atoms with Crippen LogP contribution in [0.15, 0.2) is 17.2 Å². The van der Waals surface area contributed by atoms with Crippen LogP contribution in [0.2, 0.25) is 0 Å². The molecule has 0 fully saturated rings. The minimum atomic E-state index is -1.27. The van der Waals surface area contributed by atoms with E-state index in [0.717, 1.165) is 12.1 Å². The van der Waals surface area contributed by atoms with Crippen LogP contribution in [-0.4, -0.2) is 11.1 Å². The maximum absolute atomic E-state index is 13.1. The second-order valence-corrected chi connectivity index (χ2v) is 2.60. The smallest absolute Gasteiger partial charge is 0.335 e. The zero-order valence-corrected chi connectivity index (χ0v) is 7.23. The van der Waals surface area contributed by atoms with E-state index in [2.05, 4.69) is 10.0 Å². The van der Waals surface area contributed by atoms with Crippen LogP contribution >= 0.6 is 0 Å². The van der Waals surface area contributed by atoms with Crippen LogP contribution in [0.5, 0.6) is 0 Å². The Kier molecular flexibility index (Phi) is 2.69. The minimum Gasteiger partial charge on any atom is -0.478 e. The number of carboxylic acids is 1. The van der Waals surface area contributed by atoms with E-state index in [1.165, 1.54) is 6.92 Å². The number of hydrogen-bond donors (Lipinski definition) is 1. The maximum Gasteiger partial charge on any atom is 0.335 e. The van der Waals surface area contributed by atoms with Gasteiger partial charge in [0.15, 0.2) is 0 Å². The van der Waals surface area contributed by atoms with E-state index in [1.54, 1.807) is 0 Å². The van der Waals surface area contributed by atoms with Crippen molar-refractivity contribution in [1.29, 1.82) is 0 Å². The summed E-state index contributed by atoms with van der Waals surface area (Å²) in [6.07, 6.45) is 0. The standard InChI is InChI=1S/C8H6FN3O2/c1-4-6(9)2-5(8(13)14)3-7(4)11-12-10/h2-3H,1H3,(H,13,14). The number of benzene rings is 1. The Morgan fingerprint density at radius 1 is 1.64 bits per heavy atom. The van der Waals surface area contributed by atoms with Gasteiger partial charge in [-0.3, -0.25) is 0 Å². The molecule has 14 heavy (non-hydrogen) atoms. The fourth-order valence-corrected chi connectivity index (χ4v) is 0.940. The molecule has 1 aromatic carbocycles. The zero-order valence-electron chi connectivity index (χ0n) is 7.23. The van der Waals surface area contributed by atoms with Crippen molar-refractivity contribution in [2.75, 3.05) is 0 Å². The first-order valence-electron chi connectivity index (χ1n) is 3.65. The van der Waals surface area contributed by atoms with Crippen LogP contribution in [0.4, 0.5) is 10.1 Å². The second kappa shape index (κ2) is 3.76. The molecule has 0 radical (unpaired) electrons. The second-order valence-electron chi connectivity index (χ2n) is 2.60. The topological polar surface area (TPSA) is 86.1 Å². The van der Waals surface area contributed by atoms with E-state index in [9.17, 15) is 9.18 Å². The molecule has 0 amide bonds. The lowest BCUT2D eigenvalue weighted by Crippen LogP contribution is -1.98. The third-order valence-corrected chi connectivity index (χ3v) is 1.72. The van der Waals surface area contributed by atoms with Gasteiger partial charge in [-0.15, -0.1) is 0 Å². The molecule has 5 nitrogen and oxygen atoms in total. The average Bonchev–Trinajstić information content (AvgIpc) is 2.12. The molecule has 0 aliphatic rings. The lowest BCUT2D eigenvalue weighted by molar-refractivity contribution is 0.0696. The monoisotopic (exact) mass is 195 g/mol. The number of rotatable bonds is 2. The van der Waals surface area contributed by atoms with Crippen LogP contribution in [-0.2, 0) is 0 Å². The summed E-state index contributed by atoms with van der Waals surface area (Å²) in [4.78, 5) is 13.0. The summed E-state index contributed by atoms with van der Waals surface area (Å²) in [7, 11) is 0. The van der Waals surface area contributed by atoms with Crippen molar-refractivity contribution in [3.63, 3.8) is 0 Å². The van der Waals surface area contributed by atoms with Gasteiger partial charge < -0.3 is 5.11 Å². The van der Waals surface area contributed by atoms with Gasteiger partial charge in [-0.2, -0.15) is 0 Å².